The highest BCUT2D eigenvalue weighted by Gasteiger charge is 2.48. The number of nitrogens with one attached hydrogen (secondary N) is 2. The summed E-state index contributed by atoms with van der Waals surface area (Å²) < 4.78 is 6.10. The summed E-state index contributed by atoms with van der Waals surface area (Å²) in [6.07, 6.45) is 26.3. The van der Waals surface area contributed by atoms with Gasteiger partial charge in [0.05, 0.1) is 13.0 Å². The van der Waals surface area contributed by atoms with Crippen molar-refractivity contribution in [2.75, 3.05) is 13.2 Å². The van der Waals surface area contributed by atoms with E-state index in [4.69, 9.17) is 9.84 Å². The van der Waals surface area contributed by atoms with Crippen molar-refractivity contribution in [3.63, 3.8) is 0 Å². The Labute approximate surface area is 346 Å². The lowest BCUT2D eigenvalue weighted by molar-refractivity contribution is -0.231. The molecule has 57 heavy (non-hydrogen) atoms. The lowest BCUT2D eigenvalue weighted by atomic mass is 9.94. The van der Waals surface area contributed by atoms with Gasteiger partial charge in [0, 0.05) is 19.4 Å². The normalized spacial score (nSPS) is 19.9. The minimum absolute atomic E-state index is 0.174. The summed E-state index contributed by atoms with van der Waals surface area (Å²) in [5.74, 6) is -2.62. The van der Waals surface area contributed by atoms with E-state index in [1.165, 1.54) is 129 Å². The van der Waals surface area contributed by atoms with Crippen LogP contribution in [0.1, 0.15) is 213 Å². The molecule has 6 N–H and O–H groups in total. The molecule has 0 aromatic carbocycles. The maximum absolute atomic E-state index is 14.0. The topological polar surface area (TPSA) is 186 Å². The summed E-state index contributed by atoms with van der Waals surface area (Å²) in [6, 6.07) is -2.33. The summed E-state index contributed by atoms with van der Waals surface area (Å²) in [7, 11) is 0. The van der Waals surface area contributed by atoms with Gasteiger partial charge in [-0.05, 0) is 19.8 Å². The molecule has 334 valence electrons. The third kappa shape index (κ3) is 25.1. The summed E-state index contributed by atoms with van der Waals surface area (Å²) in [6.45, 7) is 5.65. The van der Waals surface area contributed by atoms with Crippen molar-refractivity contribution in [1.29, 1.82) is 0 Å². The van der Waals surface area contributed by atoms with Crippen LogP contribution in [0, 0.1) is 0 Å². The average molecular weight is 812 g/mol. The fourth-order valence-electron chi connectivity index (χ4n) is 7.72. The van der Waals surface area contributed by atoms with Crippen LogP contribution in [0.5, 0.6) is 0 Å². The number of carbonyl (C=O) groups is 4. The average Bonchev–Trinajstić information content (AvgIpc) is 3.19. The summed E-state index contributed by atoms with van der Waals surface area (Å²) in [4.78, 5) is 51.9. The van der Waals surface area contributed by atoms with Crippen LogP contribution >= 0.6 is 0 Å². The van der Waals surface area contributed by atoms with Crippen LogP contribution in [-0.4, -0.2) is 98.8 Å². The first-order chi connectivity index (χ1) is 27.6. The molecular formula is C45H85N3O9. The molecule has 12 nitrogen and oxygen atoms in total. The van der Waals surface area contributed by atoms with Crippen LogP contribution in [0.3, 0.4) is 0 Å². The second-order valence-corrected chi connectivity index (χ2v) is 16.6. The Bertz CT molecular complexity index is 1050. The standard InChI is InChI=1S/C45H85N3O9/c1-4-6-8-10-12-14-16-18-19-20-21-23-25-27-29-31-39(51)48(34-30-28-26-24-22-17-15-13-11-9-7-5-2)45-41(43(55)42(54)37(35-49)57-45)47-44(56)36(3)46-38(50)32-33-40(52)53/h36-37,41-43,45,49,54-55H,4-35H2,1-3H3,(H,46,50)(H,47,56)(H,52,53)/t36-,37+,41+,42+,43+,45+/m0/s1. The third-order valence-corrected chi connectivity index (χ3v) is 11.4. The monoisotopic (exact) mass is 812 g/mol. The molecule has 0 unspecified atom stereocenters. The van der Waals surface area contributed by atoms with Crippen molar-refractivity contribution in [1.82, 2.24) is 15.5 Å². The summed E-state index contributed by atoms with van der Waals surface area (Å²) in [5.41, 5.74) is 0. The van der Waals surface area contributed by atoms with Crippen molar-refractivity contribution in [3.8, 4) is 0 Å². The summed E-state index contributed by atoms with van der Waals surface area (Å²) in [5, 5.41) is 46.1. The number of ether oxygens (including phenoxy) is 1. The number of hydrogen-bond donors (Lipinski definition) is 6. The number of hydrogen-bond acceptors (Lipinski definition) is 8. The molecular weight excluding hydrogens is 727 g/mol. The molecule has 12 heteroatoms. The lowest BCUT2D eigenvalue weighted by Gasteiger charge is -2.47. The number of carbonyl (C=O) groups excluding carboxylic acids is 3. The van der Waals surface area contributed by atoms with Gasteiger partial charge in [-0.25, -0.2) is 0 Å². The third-order valence-electron chi connectivity index (χ3n) is 11.4. The highest BCUT2D eigenvalue weighted by molar-refractivity contribution is 5.88. The lowest BCUT2D eigenvalue weighted by Crippen LogP contribution is -2.69. The predicted octanol–water partition coefficient (Wildman–Crippen LogP) is 8.07. The predicted molar refractivity (Wildman–Crippen MR) is 227 cm³/mol. The first kappa shape index (κ1) is 52.7. The zero-order valence-corrected chi connectivity index (χ0v) is 36.4. The summed E-state index contributed by atoms with van der Waals surface area (Å²) >= 11 is 0. The van der Waals surface area contributed by atoms with Crippen molar-refractivity contribution in [2.24, 2.45) is 0 Å². The molecule has 1 aliphatic rings. The molecule has 0 radical (unpaired) electrons. The fourth-order valence-corrected chi connectivity index (χ4v) is 7.72. The zero-order chi connectivity index (χ0) is 42.1. The minimum atomic E-state index is -1.57. The van der Waals surface area contributed by atoms with E-state index in [2.05, 4.69) is 24.5 Å². The Kier molecular flexibility index (Phi) is 32.0. The van der Waals surface area contributed by atoms with Crippen LogP contribution in [0.25, 0.3) is 0 Å². The SMILES string of the molecule is CCCCCCCCCCCCCCCCCC(=O)N(CCCCCCCCCCCCCC)[C@@H]1O[C@H](CO)[C@@H](O)[C@H](O)[C@H]1NC(=O)[C@H](C)NC(=O)CCC(=O)O. The van der Waals surface area contributed by atoms with Gasteiger partial charge in [0.25, 0.3) is 0 Å². The van der Waals surface area contributed by atoms with Gasteiger partial charge in [0.2, 0.25) is 17.7 Å². The van der Waals surface area contributed by atoms with Gasteiger partial charge in [-0.1, -0.05) is 174 Å². The molecule has 0 saturated carbocycles. The van der Waals surface area contributed by atoms with Gasteiger partial charge >= 0.3 is 5.97 Å². The number of carboxylic acid groups (broad SMARTS) is 1. The van der Waals surface area contributed by atoms with E-state index in [1.54, 1.807) is 4.90 Å². The van der Waals surface area contributed by atoms with Gasteiger partial charge < -0.3 is 40.7 Å². The molecule has 1 aliphatic heterocycles. The molecule has 0 aromatic heterocycles. The maximum atomic E-state index is 14.0. The molecule has 1 fully saturated rings. The number of amides is 3. The van der Waals surface area contributed by atoms with E-state index in [9.17, 15) is 34.5 Å². The maximum Gasteiger partial charge on any atom is 0.303 e. The van der Waals surface area contributed by atoms with E-state index >= 15 is 0 Å². The minimum Gasteiger partial charge on any atom is -0.481 e. The van der Waals surface area contributed by atoms with Crippen LogP contribution in [0.15, 0.2) is 0 Å². The number of unbranched alkanes of at least 4 members (excludes halogenated alkanes) is 25. The first-order valence-electron chi connectivity index (χ1n) is 23.3. The number of nitrogens with zero attached hydrogens (tertiary/aromatic N) is 1. The molecule has 1 heterocycles. The molecule has 3 amide bonds. The van der Waals surface area contributed by atoms with E-state index in [0.717, 1.165) is 38.5 Å². The van der Waals surface area contributed by atoms with Gasteiger partial charge in [-0.15, -0.1) is 0 Å². The Balaban J connectivity index is 2.80. The number of aliphatic hydroxyl groups is 3. The van der Waals surface area contributed by atoms with E-state index in [0.29, 0.717) is 19.4 Å². The molecule has 1 saturated heterocycles. The number of aliphatic carboxylic acids is 1. The van der Waals surface area contributed by atoms with Gasteiger partial charge in [-0.2, -0.15) is 0 Å². The smallest absolute Gasteiger partial charge is 0.303 e. The molecule has 1 rings (SSSR count). The number of aliphatic hydroxyl groups excluding tert-OH is 3. The van der Waals surface area contributed by atoms with Crippen LogP contribution in [0.2, 0.25) is 0 Å². The Morgan fingerprint density at radius 3 is 1.44 bits per heavy atom. The van der Waals surface area contributed by atoms with Gasteiger partial charge in [-0.3, -0.25) is 19.2 Å². The van der Waals surface area contributed by atoms with E-state index in [1.807, 2.05) is 0 Å². The number of rotatable bonds is 37. The van der Waals surface area contributed by atoms with Crippen molar-refractivity contribution in [3.05, 3.63) is 0 Å². The second kappa shape index (κ2) is 34.6. The second-order valence-electron chi connectivity index (χ2n) is 16.6. The zero-order valence-electron chi connectivity index (χ0n) is 36.4. The van der Waals surface area contributed by atoms with Crippen LogP contribution < -0.4 is 10.6 Å². The first-order valence-corrected chi connectivity index (χ1v) is 23.3. The van der Waals surface area contributed by atoms with Gasteiger partial charge in [0.15, 0.2) is 6.23 Å². The van der Waals surface area contributed by atoms with Crippen molar-refractivity contribution in [2.45, 2.75) is 250 Å². The van der Waals surface area contributed by atoms with Crippen molar-refractivity contribution < 1.29 is 44.3 Å². The van der Waals surface area contributed by atoms with Crippen LogP contribution in [0.4, 0.5) is 0 Å². The van der Waals surface area contributed by atoms with E-state index < -0.39 is 61.0 Å². The van der Waals surface area contributed by atoms with Gasteiger partial charge in [0.1, 0.15) is 30.4 Å². The molecule has 0 bridgehead atoms. The molecule has 0 aromatic rings. The highest BCUT2D eigenvalue weighted by Crippen LogP contribution is 2.26. The molecule has 0 spiro atoms. The Morgan fingerprint density at radius 2 is 1.02 bits per heavy atom. The Hall–Kier alpha value is -2.28. The highest BCUT2D eigenvalue weighted by atomic mass is 16.5. The quantitative estimate of drug-likeness (QED) is 0.0338. The van der Waals surface area contributed by atoms with Crippen molar-refractivity contribution >= 4 is 23.7 Å². The molecule has 0 aliphatic carbocycles. The molecule has 6 atom stereocenters. The number of carboxylic acids is 1. The largest absolute Gasteiger partial charge is 0.481 e. The van der Waals surface area contributed by atoms with E-state index in [-0.39, 0.29) is 25.2 Å². The van der Waals surface area contributed by atoms with Crippen LogP contribution in [-0.2, 0) is 23.9 Å². The fraction of sp³-hybridized carbons (Fsp3) is 0.911. The Morgan fingerprint density at radius 1 is 0.596 bits per heavy atom.